The largest absolute Gasteiger partial charge is 0.449 e. The summed E-state index contributed by atoms with van der Waals surface area (Å²) in [6.45, 7) is 5.58. The smallest absolute Gasteiger partial charge is 0.407 e. The van der Waals surface area contributed by atoms with Crippen molar-refractivity contribution in [2.45, 2.75) is 63.6 Å². The number of alkyl carbamates (subject to hydrolysis) is 2. The second kappa shape index (κ2) is 10.8. The van der Waals surface area contributed by atoms with Crippen molar-refractivity contribution in [3.05, 3.63) is 59.7 Å². The maximum absolute atomic E-state index is 12.9. The van der Waals surface area contributed by atoms with Gasteiger partial charge >= 0.3 is 12.2 Å². The van der Waals surface area contributed by atoms with Crippen LogP contribution in [0.3, 0.4) is 0 Å². The van der Waals surface area contributed by atoms with Gasteiger partial charge in [0.15, 0.2) is 0 Å². The van der Waals surface area contributed by atoms with Gasteiger partial charge in [0, 0.05) is 25.9 Å². The number of benzene rings is 2. The molecule has 198 valence electrons. The molecule has 4 rings (SSSR count). The molecule has 0 radical (unpaired) electrons. The van der Waals surface area contributed by atoms with E-state index in [0.29, 0.717) is 19.3 Å². The second-order valence-corrected chi connectivity index (χ2v) is 11.1. The van der Waals surface area contributed by atoms with Crippen LogP contribution in [0.25, 0.3) is 11.1 Å². The fourth-order valence-corrected chi connectivity index (χ4v) is 5.34. The maximum atomic E-state index is 12.9. The van der Waals surface area contributed by atoms with E-state index in [2.05, 4.69) is 34.9 Å². The van der Waals surface area contributed by atoms with Crippen LogP contribution in [0.1, 0.15) is 57.1 Å². The number of hydrogen-bond acceptors (Lipinski definition) is 5. The minimum Gasteiger partial charge on any atom is -0.449 e. The molecular weight excluding hydrogens is 470 g/mol. The fraction of sp³-hybridized carbons (Fsp3) is 0.483. The zero-order valence-corrected chi connectivity index (χ0v) is 22.2. The molecule has 2 aromatic carbocycles. The summed E-state index contributed by atoms with van der Waals surface area (Å²) >= 11 is 0. The van der Waals surface area contributed by atoms with Crippen molar-refractivity contribution in [1.82, 2.24) is 15.5 Å². The van der Waals surface area contributed by atoms with Gasteiger partial charge in [-0.3, -0.25) is 4.79 Å². The first-order chi connectivity index (χ1) is 17.5. The Morgan fingerprint density at radius 2 is 1.43 bits per heavy atom. The van der Waals surface area contributed by atoms with Gasteiger partial charge in [-0.05, 0) is 62.3 Å². The second-order valence-electron chi connectivity index (χ2n) is 11.1. The Morgan fingerprint density at radius 1 is 0.865 bits per heavy atom. The first kappa shape index (κ1) is 26.5. The standard InChI is InChI=1S/C29H37N3O5/c1-29(2,3)37-28(35)31-25-16-18(26(33)32(4)5)14-15-24(25)30-27(34)36-17-23-21-12-8-6-10-19(21)20-11-7-9-13-22(20)23/h6-13,18,23-25H,14-17H2,1-5H3,(H,30,34)(H,31,35)/t18-,24+,25+/m0/s1. The van der Waals surface area contributed by atoms with Gasteiger partial charge in [0.05, 0.1) is 12.1 Å². The normalized spacial score (nSPS) is 20.8. The highest BCUT2D eigenvalue weighted by atomic mass is 16.6. The third-order valence-electron chi connectivity index (χ3n) is 6.99. The molecule has 3 atom stereocenters. The van der Waals surface area contributed by atoms with Crippen molar-refractivity contribution in [2.24, 2.45) is 5.92 Å². The van der Waals surface area contributed by atoms with E-state index in [-0.39, 0.29) is 30.4 Å². The summed E-state index contributed by atoms with van der Waals surface area (Å²) in [7, 11) is 3.44. The number of nitrogens with one attached hydrogen (secondary N) is 2. The number of fused-ring (bicyclic) bond motifs is 3. The number of hydrogen-bond donors (Lipinski definition) is 2. The van der Waals surface area contributed by atoms with Gasteiger partial charge in [-0.2, -0.15) is 0 Å². The summed E-state index contributed by atoms with van der Waals surface area (Å²) in [4.78, 5) is 39.6. The Balaban J connectivity index is 1.42. The van der Waals surface area contributed by atoms with Crippen molar-refractivity contribution >= 4 is 18.1 Å². The highest BCUT2D eigenvalue weighted by Crippen LogP contribution is 2.44. The molecule has 37 heavy (non-hydrogen) atoms. The van der Waals surface area contributed by atoms with E-state index in [1.54, 1.807) is 39.8 Å². The third-order valence-corrected chi connectivity index (χ3v) is 6.99. The van der Waals surface area contributed by atoms with Crippen molar-refractivity contribution in [1.29, 1.82) is 0 Å². The van der Waals surface area contributed by atoms with Gasteiger partial charge in [0.25, 0.3) is 0 Å². The zero-order valence-electron chi connectivity index (χ0n) is 22.2. The molecule has 0 saturated heterocycles. The summed E-state index contributed by atoms with van der Waals surface area (Å²) in [6, 6.07) is 15.5. The molecule has 0 spiro atoms. The number of carbonyl (C=O) groups is 3. The summed E-state index contributed by atoms with van der Waals surface area (Å²) in [6.07, 6.45) is 0.437. The summed E-state index contributed by atoms with van der Waals surface area (Å²) in [5, 5.41) is 5.82. The Labute approximate surface area is 218 Å². The van der Waals surface area contributed by atoms with Crippen LogP contribution in [0.5, 0.6) is 0 Å². The molecule has 2 N–H and O–H groups in total. The van der Waals surface area contributed by atoms with Crippen LogP contribution in [0, 0.1) is 5.92 Å². The van der Waals surface area contributed by atoms with Gasteiger partial charge < -0.3 is 25.0 Å². The minimum atomic E-state index is -0.659. The maximum Gasteiger partial charge on any atom is 0.407 e. The lowest BCUT2D eigenvalue weighted by Crippen LogP contribution is -2.56. The van der Waals surface area contributed by atoms with Crippen molar-refractivity contribution < 1.29 is 23.9 Å². The van der Waals surface area contributed by atoms with Crippen LogP contribution in [-0.4, -0.2) is 61.4 Å². The molecule has 0 aromatic heterocycles. The first-order valence-electron chi connectivity index (χ1n) is 12.9. The lowest BCUT2D eigenvalue weighted by Gasteiger charge is -2.37. The lowest BCUT2D eigenvalue weighted by atomic mass is 9.81. The van der Waals surface area contributed by atoms with Crippen molar-refractivity contribution in [3.63, 3.8) is 0 Å². The molecule has 0 bridgehead atoms. The topological polar surface area (TPSA) is 97.0 Å². The van der Waals surface area contributed by atoms with Crippen LogP contribution in [0.2, 0.25) is 0 Å². The SMILES string of the molecule is CN(C)C(=O)[C@H]1CC[C@@H](NC(=O)OCC2c3ccccc3-c3ccccc32)[C@H](NC(=O)OC(C)(C)C)C1. The quantitative estimate of drug-likeness (QED) is 0.613. The van der Waals surface area contributed by atoms with Gasteiger partial charge in [0.2, 0.25) is 5.91 Å². The molecule has 0 heterocycles. The number of ether oxygens (including phenoxy) is 2. The van der Waals surface area contributed by atoms with Crippen molar-refractivity contribution in [3.8, 4) is 11.1 Å². The molecule has 0 unspecified atom stereocenters. The Bertz CT molecular complexity index is 1110. The van der Waals surface area contributed by atoms with Gasteiger partial charge in [-0.15, -0.1) is 0 Å². The highest BCUT2D eigenvalue weighted by Gasteiger charge is 2.37. The van der Waals surface area contributed by atoms with E-state index in [4.69, 9.17) is 9.47 Å². The predicted octanol–water partition coefficient (Wildman–Crippen LogP) is 4.68. The number of rotatable bonds is 5. The molecule has 2 aliphatic carbocycles. The molecule has 2 aliphatic rings. The fourth-order valence-electron chi connectivity index (χ4n) is 5.34. The molecule has 8 nitrogen and oxygen atoms in total. The summed E-state index contributed by atoms with van der Waals surface area (Å²) in [5.74, 6) is -0.270. The molecular formula is C29H37N3O5. The molecule has 0 aliphatic heterocycles. The number of carbonyl (C=O) groups excluding carboxylic acids is 3. The molecule has 2 aromatic rings. The lowest BCUT2D eigenvalue weighted by molar-refractivity contribution is -0.134. The Kier molecular flexibility index (Phi) is 7.76. The number of amides is 3. The summed E-state index contributed by atoms with van der Waals surface area (Å²) < 4.78 is 11.1. The summed E-state index contributed by atoms with van der Waals surface area (Å²) in [5.41, 5.74) is 3.95. The van der Waals surface area contributed by atoms with E-state index in [1.807, 2.05) is 24.3 Å². The molecule has 1 fully saturated rings. The van der Waals surface area contributed by atoms with Crippen LogP contribution in [0.15, 0.2) is 48.5 Å². The van der Waals surface area contributed by atoms with Crippen LogP contribution < -0.4 is 10.6 Å². The zero-order chi connectivity index (χ0) is 26.7. The van der Waals surface area contributed by atoms with Crippen LogP contribution in [-0.2, 0) is 14.3 Å². The Morgan fingerprint density at radius 3 is 2.00 bits per heavy atom. The predicted molar refractivity (Wildman–Crippen MR) is 141 cm³/mol. The van der Waals surface area contributed by atoms with Gasteiger partial charge in [-0.25, -0.2) is 9.59 Å². The Hall–Kier alpha value is -3.55. The third kappa shape index (κ3) is 6.24. The van der Waals surface area contributed by atoms with Crippen molar-refractivity contribution in [2.75, 3.05) is 20.7 Å². The average Bonchev–Trinajstić information content (AvgIpc) is 3.16. The molecule has 1 saturated carbocycles. The van der Waals surface area contributed by atoms with E-state index in [1.165, 1.54) is 0 Å². The van der Waals surface area contributed by atoms with E-state index < -0.39 is 23.8 Å². The highest BCUT2D eigenvalue weighted by molar-refractivity contribution is 5.80. The monoisotopic (exact) mass is 507 g/mol. The average molecular weight is 508 g/mol. The van der Waals surface area contributed by atoms with Crippen LogP contribution >= 0.6 is 0 Å². The molecule has 3 amide bonds. The van der Waals surface area contributed by atoms with Gasteiger partial charge in [0.1, 0.15) is 12.2 Å². The molecule has 8 heteroatoms. The van der Waals surface area contributed by atoms with Crippen LogP contribution in [0.4, 0.5) is 9.59 Å². The van der Waals surface area contributed by atoms with E-state index in [9.17, 15) is 14.4 Å². The first-order valence-corrected chi connectivity index (χ1v) is 12.9. The van der Waals surface area contributed by atoms with E-state index in [0.717, 1.165) is 22.3 Å². The van der Waals surface area contributed by atoms with E-state index >= 15 is 0 Å². The minimum absolute atomic E-state index is 0.00980. The number of nitrogens with zero attached hydrogens (tertiary/aromatic N) is 1. The van der Waals surface area contributed by atoms with Gasteiger partial charge in [-0.1, -0.05) is 48.5 Å².